The third kappa shape index (κ3) is 31.3. The molecule has 0 bridgehead atoms. The molecule has 18 heteroatoms. The smallest absolute Gasteiger partial charge is 0.418 e. The van der Waals surface area contributed by atoms with E-state index in [1.54, 1.807) is 0 Å². The molecule has 0 aliphatic carbocycles. The molecule has 3 heterocycles. The molecule has 0 saturated heterocycles. The zero-order valence-electron chi connectivity index (χ0n) is 29.6. The van der Waals surface area contributed by atoms with Gasteiger partial charge < -0.3 is 51.8 Å². The van der Waals surface area contributed by atoms with Gasteiger partial charge >= 0.3 is 21.8 Å². The van der Waals surface area contributed by atoms with Crippen LogP contribution in [0.5, 0.6) is 0 Å². The van der Waals surface area contributed by atoms with Crippen LogP contribution in [-0.2, 0) is 19.6 Å². The highest BCUT2D eigenvalue weighted by Gasteiger charge is 2.21. The number of unbranched alkanes of at least 4 members (excludes halogenated alkanes) is 9. The van der Waals surface area contributed by atoms with Crippen molar-refractivity contribution in [3.63, 3.8) is 0 Å². The molecule has 0 aromatic carbocycles. The second kappa shape index (κ2) is 25.7. The second-order valence-corrected chi connectivity index (χ2v) is 11.9. The highest BCUT2D eigenvalue weighted by Crippen LogP contribution is 2.24. The van der Waals surface area contributed by atoms with Gasteiger partial charge in [0.05, 0.1) is 0 Å². The van der Waals surface area contributed by atoms with Gasteiger partial charge in [-0.25, -0.2) is 13.7 Å². The first-order chi connectivity index (χ1) is 23.7. The fourth-order valence-electron chi connectivity index (χ4n) is 4.84. The summed E-state index contributed by atoms with van der Waals surface area (Å²) in [6.07, 6.45) is 29.2. The monoisotopic (exact) mass is 749 g/mol. The van der Waals surface area contributed by atoms with Crippen LogP contribution < -0.4 is 13.7 Å². The number of hydrogen-bond donors (Lipinski definition) is 0. The Hall–Kier alpha value is -3.20. The quantitative estimate of drug-likeness (QED) is 0.0564. The SMILES string of the molecule is CCCCCC[n+]1ccc(-c2cc(-c3cc[n+](CCCCCC)cc3)c[n+](CCCCCC)c2)cc1.F[B-](F)(F)F.F[B-](F)(F)F.F[B-](F)(F)F. The summed E-state index contributed by atoms with van der Waals surface area (Å²) in [5.74, 6) is 0. The average molecular weight is 749 g/mol. The van der Waals surface area contributed by atoms with Crippen LogP contribution in [0.2, 0.25) is 0 Å². The van der Waals surface area contributed by atoms with Gasteiger partial charge in [-0.3, -0.25) is 0 Å². The van der Waals surface area contributed by atoms with Gasteiger partial charge in [0, 0.05) is 54.7 Å². The second-order valence-electron chi connectivity index (χ2n) is 11.9. The molecule has 3 rings (SSSR count). The van der Waals surface area contributed by atoms with Gasteiger partial charge in [-0.2, -0.15) is 0 Å². The summed E-state index contributed by atoms with van der Waals surface area (Å²) in [5.41, 5.74) is 5.20. The zero-order valence-corrected chi connectivity index (χ0v) is 29.6. The molecule has 0 amide bonds. The molecular formula is C33H50B3F12N3. The first-order valence-electron chi connectivity index (χ1n) is 17.4. The van der Waals surface area contributed by atoms with E-state index >= 15 is 0 Å². The van der Waals surface area contributed by atoms with Crippen molar-refractivity contribution in [1.29, 1.82) is 0 Å². The van der Waals surface area contributed by atoms with Crippen molar-refractivity contribution in [3.8, 4) is 22.3 Å². The maximum atomic E-state index is 9.75. The van der Waals surface area contributed by atoms with Gasteiger partial charge in [-0.1, -0.05) is 59.3 Å². The van der Waals surface area contributed by atoms with Crippen LogP contribution in [0.15, 0.2) is 67.5 Å². The van der Waals surface area contributed by atoms with E-state index in [-0.39, 0.29) is 0 Å². The molecule has 3 aromatic rings. The molecule has 290 valence electrons. The predicted molar refractivity (Wildman–Crippen MR) is 181 cm³/mol. The molecule has 51 heavy (non-hydrogen) atoms. The molecule has 0 N–H and O–H groups in total. The van der Waals surface area contributed by atoms with Crippen molar-refractivity contribution < 1.29 is 65.5 Å². The van der Waals surface area contributed by atoms with E-state index in [2.05, 4.69) is 102 Å². The van der Waals surface area contributed by atoms with Gasteiger partial charge in [0.15, 0.2) is 37.2 Å². The average Bonchev–Trinajstić information content (AvgIpc) is 3.02. The summed E-state index contributed by atoms with van der Waals surface area (Å²) in [6.45, 7) is 10.1. The van der Waals surface area contributed by atoms with E-state index in [9.17, 15) is 51.8 Å². The van der Waals surface area contributed by atoms with Gasteiger partial charge in [0.2, 0.25) is 0 Å². The Labute approximate surface area is 294 Å². The Kier molecular flexibility index (Phi) is 24.1. The van der Waals surface area contributed by atoms with Crippen molar-refractivity contribution >= 4 is 21.8 Å². The van der Waals surface area contributed by atoms with Crippen LogP contribution in [0, 0.1) is 0 Å². The van der Waals surface area contributed by atoms with Gasteiger partial charge in [0.25, 0.3) is 0 Å². The van der Waals surface area contributed by atoms with Crippen molar-refractivity contribution in [2.24, 2.45) is 0 Å². The van der Waals surface area contributed by atoms with Crippen molar-refractivity contribution in [1.82, 2.24) is 0 Å². The number of aromatic nitrogens is 3. The third-order valence-corrected chi connectivity index (χ3v) is 7.18. The normalized spacial score (nSPS) is 11.4. The number of halogens is 12. The molecule has 0 spiro atoms. The molecule has 3 nitrogen and oxygen atoms in total. The standard InChI is InChI=1S/C33H50N3.3BF4/c1-4-7-10-13-20-34-23-16-30(17-24-34)32-27-33(29-36(28-32)22-15-12-9-6-3)31-18-25-35(26-19-31)21-14-11-8-5-2;3*2-1(3,4)5/h16-19,23-29H,4-15,20-22H2,1-3H3;;;/q+3;3*-1. The minimum Gasteiger partial charge on any atom is -0.418 e. The first kappa shape index (κ1) is 47.8. The minimum absolute atomic E-state index is 1.08. The van der Waals surface area contributed by atoms with Crippen LogP contribution in [0.1, 0.15) is 97.8 Å². The van der Waals surface area contributed by atoms with Crippen LogP contribution in [0.3, 0.4) is 0 Å². The molecule has 0 saturated carbocycles. The minimum atomic E-state index is -6.00. The third-order valence-electron chi connectivity index (χ3n) is 7.18. The molecule has 0 aliphatic heterocycles. The predicted octanol–water partition coefficient (Wildman–Crippen LogP) is 11.5. The lowest BCUT2D eigenvalue weighted by Crippen LogP contribution is -2.34. The van der Waals surface area contributed by atoms with E-state index < -0.39 is 21.8 Å². The molecule has 0 aliphatic rings. The summed E-state index contributed by atoms with van der Waals surface area (Å²) in [6, 6.07) is 11.5. The van der Waals surface area contributed by atoms with E-state index in [4.69, 9.17) is 0 Å². The molecule has 3 aromatic heterocycles. The topological polar surface area (TPSA) is 11.6 Å². The maximum Gasteiger partial charge on any atom is 0.673 e. The van der Waals surface area contributed by atoms with Crippen molar-refractivity contribution in [3.05, 3.63) is 67.5 Å². The van der Waals surface area contributed by atoms with Crippen LogP contribution in [-0.4, -0.2) is 21.8 Å². The van der Waals surface area contributed by atoms with Crippen molar-refractivity contribution in [2.75, 3.05) is 0 Å². The number of aryl methyl sites for hydroxylation is 3. The summed E-state index contributed by atoms with van der Waals surface area (Å²) < 4.78 is 124. The molecule has 0 atom stereocenters. The number of pyridine rings is 3. The molecular weight excluding hydrogens is 699 g/mol. The van der Waals surface area contributed by atoms with Crippen molar-refractivity contribution in [2.45, 2.75) is 117 Å². The van der Waals surface area contributed by atoms with E-state index in [1.165, 1.54) is 99.3 Å². The van der Waals surface area contributed by atoms with Crippen LogP contribution >= 0.6 is 0 Å². The summed E-state index contributed by atoms with van der Waals surface area (Å²) in [5, 5.41) is 0. The highest BCUT2D eigenvalue weighted by atomic mass is 19.5. The highest BCUT2D eigenvalue weighted by molar-refractivity contribution is 6.50. The van der Waals surface area contributed by atoms with E-state index in [0.717, 1.165) is 19.6 Å². The summed E-state index contributed by atoms with van der Waals surface area (Å²) >= 11 is 0. The first-order valence-corrected chi connectivity index (χ1v) is 17.4. The lowest BCUT2D eigenvalue weighted by Gasteiger charge is -2.07. The lowest BCUT2D eigenvalue weighted by molar-refractivity contribution is -0.697. The maximum absolute atomic E-state index is 9.75. The summed E-state index contributed by atoms with van der Waals surface area (Å²) in [4.78, 5) is 0. The number of nitrogens with zero attached hydrogens (tertiary/aromatic N) is 3. The van der Waals surface area contributed by atoms with Crippen LogP contribution in [0.25, 0.3) is 22.3 Å². The largest absolute Gasteiger partial charge is 0.673 e. The fraction of sp³-hybridized carbons (Fsp3) is 0.545. The molecule has 0 radical (unpaired) electrons. The van der Waals surface area contributed by atoms with Gasteiger partial charge in [0.1, 0.15) is 19.6 Å². The van der Waals surface area contributed by atoms with Gasteiger partial charge in [-0.05, 0) is 36.5 Å². The Balaban J connectivity index is 0.00000140. The number of rotatable bonds is 17. The van der Waals surface area contributed by atoms with E-state index in [0.29, 0.717) is 0 Å². The molecule has 0 fully saturated rings. The Morgan fingerprint density at radius 1 is 0.373 bits per heavy atom. The Morgan fingerprint density at radius 2 is 0.627 bits per heavy atom. The Morgan fingerprint density at radius 3 is 0.882 bits per heavy atom. The van der Waals surface area contributed by atoms with Gasteiger partial charge in [-0.15, -0.1) is 0 Å². The summed E-state index contributed by atoms with van der Waals surface area (Å²) in [7, 11) is -18.0. The molecule has 0 unspecified atom stereocenters. The Bertz CT molecular complexity index is 1190. The van der Waals surface area contributed by atoms with Crippen LogP contribution in [0.4, 0.5) is 51.8 Å². The number of hydrogen-bond acceptors (Lipinski definition) is 0. The zero-order chi connectivity index (χ0) is 38.9. The lowest BCUT2D eigenvalue weighted by atomic mass is 10.0. The van der Waals surface area contributed by atoms with E-state index in [1.807, 2.05) is 0 Å². The fourth-order valence-corrected chi connectivity index (χ4v) is 4.84.